The molecule has 1 aliphatic rings. The molecule has 0 spiro atoms. The average Bonchev–Trinajstić information content (AvgIpc) is 2.37. The number of nitrogens with zero attached hydrogens (tertiary/aromatic N) is 1. The van der Waals surface area contributed by atoms with Gasteiger partial charge in [0.05, 0.1) is 11.1 Å². The monoisotopic (exact) mass is 247 g/mol. The molecule has 2 rings (SSSR count). The lowest BCUT2D eigenvalue weighted by Crippen LogP contribution is -2.46. The Morgan fingerprint density at radius 1 is 1.11 bits per heavy atom. The molecule has 1 aromatic rings. The summed E-state index contributed by atoms with van der Waals surface area (Å²) in [5.74, 6) is -0.277. The summed E-state index contributed by atoms with van der Waals surface area (Å²) < 4.78 is 0. The van der Waals surface area contributed by atoms with E-state index in [4.69, 9.17) is 4.84 Å². The van der Waals surface area contributed by atoms with Gasteiger partial charge in [-0.1, -0.05) is 23.8 Å². The zero-order valence-corrected chi connectivity index (χ0v) is 12.0. The fourth-order valence-electron chi connectivity index (χ4n) is 2.97. The highest BCUT2D eigenvalue weighted by Crippen LogP contribution is 2.49. The van der Waals surface area contributed by atoms with Gasteiger partial charge >= 0.3 is 5.97 Å². The van der Waals surface area contributed by atoms with Gasteiger partial charge in [0.25, 0.3) is 0 Å². The third kappa shape index (κ3) is 1.74. The largest absolute Gasteiger partial charge is 0.367 e. The fourth-order valence-corrected chi connectivity index (χ4v) is 2.97. The van der Waals surface area contributed by atoms with E-state index in [0.717, 1.165) is 0 Å². The predicted molar refractivity (Wildman–Crippen MR) is 70.8 cm³/mol. The van der Waals surface area contributed by atoms with Crippen LogP contribution >= 0.6 is 0 Å². The second-order valence-corrected chi connectivity index (χ2v) is 6.04. The summed E-state index contributed by atoms with van der Waals surface area (Å²) in [5, 5.41) is 1.81. The molecule has 1 heterocycles. The van der Waals surface area contributed by atoms with E-state index in [-0.39, 0.29) is 17.0 Å². The molecule has 3 nitrogen and oxygen atoms in total. The highest BCUT2D eigenvalue weighted by molar-refractivity contribution is 5.66. The van der Waals surface area contributed by atoms with E-state index in [1.807, 2.05) is 5.06 Å². The summed E-state index contributed by atoms with van der Waals surface area (Å²) in [6.07, 6.45) is 0. The van der Waals surface area contributed by atoms with Crippen LogP contribution in [0.15, 0.2) is 18.2 Å². The van der Waals surface area contributed by atoms with Gasteiger partial charge in [0, 0.05) is 6.92 Å². The normalized spacial score (nSPS) is 20.6. The summed E-state index contributed by atoms with van der Waals surface area (Å²) in [6, 6.07) is 6.42. The molecule has 1 aliphatic heterocycles. The SMILES string of the molecule is CC(=O)ON1C(C)(C)c2ccc(C)cc2C1(C)C. The topological polar surface area (TPSA) is 29.5 Å². The van der Waals surface area contributed by atoms with Crippen molar-refractivity contribution < 1.29 is 9.63 Å². The Balaban J connectivity index is 2.59. The van der Waals surface area contributed by atoms with Gasteiger partial charge in [0.1, 0.15) is 0 Å². The Bertz CT molecular complexity index is 503. The first kappa shape index (κ1) is 13.1. The number of hydrogen-bond donors (Lipinski definition) is 0. The van der Waals surface area contributed by atoms with Gasteiger partial charge in [-0.25, -0.2) is 0 Å². The third-order valence-corrected chi connectivity index (χ3v) is 3.73. The summed E-state index contributed by atoms with van der Waals surface area (Å²) in [6.45, 7) is 11.9. The van der Waals surface area contributed by atoms with Crippen LogP contribution in [0, 0.1) is 6.92 Å². The van der Waals surface area contributed by atoms with Crippen molar-refractivity contribution in [2.45, 2.75) is 52.6 Å². The van der Waals surface area contributed by atoms with Gasteiger partial charge in [-0.15, -0.1) is 5.06 Å². The third-order valence-electron chi connectivity index (χ3n) is 3.73. The molecule has 0 radical (unpaired) electrons. The second-order valence-electron chi connectivity index (χ2n) is 6.04. The highest BCUT2D eigenvalue weighted by Gasteiger charge is 2.51. The molecule has 0 amide bonds. The van der Waals surface area contributed by atoms with E-state index in [2.05, 4.69) is 52.8 Å². The first-order valence-electron chi connectivity index (χ1n) is 6.28. The molecule has 0 saturated heterocycles. The summed E-state index contributed by atoms with van der Waals surface area (Å²) in [4.78, 5) is 16.8. The van der Waals surface area contributed by atoms with Gasteiger partial charge in [-0.3, -0.25) is 4.79 Å². The molecule has 1 aromatic carbocycles. The summed E-state index contributed by atoms with van der Waals surface area (Å²) in [7, 11) is 0. The van der Waals surface area contributed by atoms with Crippen molar-refractivity contribution in [3.8, 4) is 0 Å². The Labute approximate surface area is 109 Å². The number of aryl methyl sites for hydroxylation is 1. The highest BCUT2D eigenvalue weighted by atomic mass is 16.7. The number of carbonyl (C=O) groups excluding carboxylic acids is 1. The molecule has 0 fully saturated rings. The van der Waals surface area contributed by atoms with Crippen molar-refractivity contribution in [1.29, 1.82) is 0 Å². The molecule has 3 heteroatoms. The first-order valence-corrected chi connectivity index (χ1v) is 6.28. The van der Waals surface area contributed by atoms with E-state index in [1.54, 1.807) is 0 Å². The van der Waals surface area contributed by atoms with Crippen molar-refractivity contribution in [3.63, 3.8) is 0 Å². The zero-order chi connectivity index (χ0) is 13.7. The molecular formula is C15H21NO2. The maximum Gasteiger partial charge on any atom is 0.322 e. The smallest absolute Gasteiger partial charge is 0.322 e. The quantitative estimate of drug-likeness (QED) is 0.763. The van der Waals surface area contributed by atoms with Crippen LogP contribution in [-0.4, -0.2) is 11.0 Å². The van der Waals surface area contributed by atoms with Gasteiger partial charge in [-0.05, 0) is 45.7 Å². The molecule has 0 bridgehead atoms. The number of hydrogen-bond acceptors (Lipinski definition) is 3. The Hall–Kier alpha value is -1.35. The van der Waals surface area contributed by atoms with Crippen LogP contribution in [0.25, 0.3) is 0 Å². The molecule has 0 aliphatic carbocycles. The lowest BCUT2D eigenvalue weighted by Gasteiger charge is -2.38. The minimum atomic E-state index is -0.309. The molecule has 0 unspecified atom stereocenters. The van der Waals surface area contributed by atoms with Crippen LogP contribution in [0.2, 0.25) is 0 Å². The zero-order valence-electron chi connectivity index (χ0n) is 12.0. The molecule has 0 N–H and O–H groups in total. The van der Waals surface area contributed by atoms with E-state index >= 15 is 0 Å². The van der Waals surface area contributed by atoms with Crippen molar-refractivity contribution in [2.75, 3.05) is 0 Å². The van der Waals surface area contributed by atoms with Gasteiger partial charge in [0.15, 0.2) is 0 Å². The van der Waals surface area contributed by atoms with E-state index in [9.17, 15) is 4.79 Å². The molecule has 18 heavy (non-hydrogen) atoms. The average molecular weight is 247 g/mol. The van der Waals surface area contributed by atoms with E-state index in [0.29, 0.717) is 0 Å². The van der Waals surface area contributed by atoms with E-state index in [1.165, 1.54) is 23.6 Å². The molecule has 0 atom stereocenters. The minimum Gasteiger partial charge on any atom is -0.367 e. The first-order chi connectivity index (χ1) is 8.17. The van der Waals surface area contributed by atoms with Crippen LogP contribution < -0.4 is 0 Å². The van der Waals surface area contributed by atoms with Crippen molar-refractivity contribution >= 4 is 5.97 Å². The number of hydroxylamine groups is 2. The Morgan fingerprint density at radius 3 is 2.22 bits per heavy atom. The molecule has 0 saturated carbocycles. The number of rotatable bonds is 1. The number of benzene rings is 1. The van der Waals surface area contributed by atoms with E-state index < -0.39 is 0 Å². The summed E-state index contributed by atoms with van der Waals surface area (Å²) >= 11 is 0. The van der Waals surface area contributed by atoms with Gasteiger partial charge in [0.2, 0.25) is 0 Å². The van der Waals surface area contributed by atoms with Crippen molar-refractivity contribution in [3.05, 3.63) is 34.9 Å². The van der Waals surface area contributed by atoms with Crippen LogP contribution in [0.4, 0.5) is 0 Å². The summed E-state index contributed by atoms with van der Waals surface area (Å²) in [5.41, 5.74) is 3.06. The van der Waals surface area contributed by atoms with Crippen LogP contribution in [0.3, 0.4) is 0 Å². The van der Waals surface area contributed by atoms with Crippen molar-refractivity contribution in [1.82, 2.24) is 5.06 Å². The lowest BCUT2D eigenvalue weighted by molar-refractivity contribution is -0.247. The fraction of sp³-hybridized carbons (Fsp3) is 0.533. The maximum absolute atomic E-state index is 11.3. The predicted octanol–water partition coefficient (Wildman–Crippen LogP) is 3.26. The Morgan fingerprint density at radius 2 is 1.67 bits per heavy atom. The molecule has 0 aromatic heterocycles. The van der Waals surface area contributed by atoms with Crippen molar-refractivity contribution in [2.24, 2.45) is 0 Å². The van der Waals surface area contributed by atoms with Gasteiger partial charge in [-0.2, -0.15) is 0 Å². The Kier molecular flexibility index (Phi) is 2.78. The lowest BCUT2D eigenvalue weighted by atomic mass is 9.89. The second kappa shape index (κ2) is 3.82. The minimum absolute atomic E-state index is 0.277. The number of carbonyl (C=O) groups is 1. The molecular weight excluding hydrogens is 226 g/mol. The van der Waals surface area contributed by atoms with Gasteiger partial charge < -0.3 is 4.84 Å². The van der Waals surface area contributed by atoms with Crippen LogP contribution in [0.1, 0.15) is 51.3 Å². The number of fused-ring (bicyclic) bond motifs is 1. The van der Waals surface area contributed by atoms with Crippen LogP contribution in [0.5, 0.6) is 0 Å². The maximum atomic E-state index is 11.3. The molecule has 98 valence electrons. The van der Waals surface area contributed by atoms with Crippen LogP contribution in [-0.2, 0) is 20.7 Å². The standard InChI is InChI=1S/C15H21NO2/c1-10-7-8-12-13(9-10)15(5,6)16(14(12,3)4)18-11(2)17/h7-9H,1-6H3.